The van der Waals surface area contributed by atoms with Crippen LogP contribution in [-0.4, -0.2) is 18.6 Å². The van der Waals surface area contributed by atoms with Crippen LogP contribution in [0.15, 0.2) is 12.3 Å². The molecule has 0 atom stereocenters. The molecule has 1 heterocycles. The fraction of sp³-hybridized carbons (Fsp3) is 0.429. The van der Waals surface area contributed by atoms with Gasteiger partial charge in [0.25, 0.3) is 0 Å². The van der Waals surface area contributed by atoms with Crippen LogP contribution in [0.2, 0.25) is 5.15 Å². The fourth-order valence-corrected chi connectivity index (χ4v) is 1.02. The molecule has 0 aliphatic heterocycles. The fourth-order valence-electron chi connectivity index (χ4n) is 0.821. The summed E-state index contributed by atoms with van der Waals surface area (Å²) in [4.78, 5) is 2.92. The summed E-state index contributed by atoms with van der Waals surface area (Å²) in [6.45, 7) is 0.994. The molecule has 0 radical (unpaired) electrons. The van der Waals surface area contributed by atoms with Crippen molar-refractivity contribution in [1.29, 1.82) is 0 Å². The van der Waals surface area contributed by atoms with Crippen molar-refractivity contribution in [2.75, 3.05) is 13.6 Å². The van der Waals surface area contributed by atoms with E-state index in [0.29, 0.717) is 5.15 Å². The van der Waals surface area contributed by atoms with Gasteiger partial charge in [-0.2, -0.15) is 0 Å². The molecule has 3 heteroatoms. The van der Waals surface area contributed by atoms with Crippen molar-refractivity contribution in [1.82, 2.24) is 10.3 Å². The third-order valence-corrected chi connectivity index (χ3v) is 1.59. The van der Waals surface area contributed by atoms with E-state index in [0.717, 1.165) is 13.0 Å². The Bertz CT molecular complexity index is 195. The van der Waals surface area contributed by atoms with Crippen LogP contribution in [0.5, 0.6) is 0 Å². The lowest BCUT2D eigenvalue weighted by atomic mass is 10.2. The van der Waals surface area contributed by atoms with Crippen LogP contribution in [0.3, 0.4) is 0 Å². The van der Waals surface area contributed by atoms with Crippen molar-refractivity contribution >= 4 is 11.6 Å². The maximum atomic E-state index is 5.66. The molecule has 0 fully saturated rings. The molecule has 0 saturated heterocycles. The average molecular weight is 159 g/mol. The van der Waals surface area contributed by atoms with Gasteiger partial charge in [-0.25, -0.2) is 0 Å². The molecule has 0 aliphatic rings. The van der Waals surface area contributed by atoms with Crippen molar-refractivity contribution in [2.24, 2.45) is 0 Å². The first kappa shape index (κ1) is 7.63. The lowest BCUT2D eigenvalue weighted by Gasteiger charge is -1.93. The number of halogens is 1. The Labute approximate surface area is 65.6 Å². The second-order valence-corrected chi connectivity index (χ2v) is 2.62. The first-order valence-electron chi connectivity index (χ1n) is 3.30. The highest BCUT2D eigenvalue weighted by molar-refractivity contribution is 6.29. The van der Waals surface area contributed by atoms with E-state index in [1.54, 1.807) is 0 Å². The van der Waals surface area contributed by atoms with Gasteiger partial charge in [0.1, 0.15) is 5.15 Å². The second kappa shape index (κ2) is 3.64. The highest BCUT2D eigenvalue weighted by Crippen LogP contribution is 2.08. The number of hydrogen-bond acceptors (Lipinski definition) is 1. The normalized spacial score (nSPS) is 10.2. The van der Waals surface area contributed by atoms with Gasteiger partial charge in [0.2, 0.25) is 0 Å². The molecule has 2 nitrogen and oxygen atoms in total. The van der Waals surface area contributed by atoms with Crippen molar-refractivity contribution < 1.29 is 0 Å². The highest BCUT2D eigenvalue weighted by Gasteiger charge is 1.93. The molecule has 1 aromatic heterocycles. The monoisotopic (exact) mass is 158 g/mol. The van der Waals surface area contributed by atoms with Crippen LogP contribution >= 0.6 is 11.6 Å². The molecule has 0 saturated carbocycles. The maximum Gasteiger partial charge on any atom is 0.106 e. The van der Waals surface area contributed by atoms with Crippen molar-refractivity contribution in [3.05, 3.63) is 23.0 Å². The molecule has 0 aliphatic carbocycles. The van der Waals surface area contributed by atoms with E-state index in [1.165, 1.54) is 5.56 Å². The number of likely N-dealkylation sites (N-methyl/N-ethyl adjacent to an activating group) is 1. The number of aromatic nitrogens is 1. The zero-order valence-corrected chi connectivity index (χ0v) is 6.70. The Balaban J connectivity index is 2.42. The largest absolute Gasteiger partial charge is 0.352 e. The van der Waals surface area contributed by atoms with E-state index in [-0.39, 0.29) is 0 Å². The standard InChI is InChI=1S/C7H11ClN2/c1-9-3-2-6-4-7(8)10-5-6/h4-5,9-10H,2-3H2,1H3. The van der Waals surface area contributed by atoms with Crippen LogP contribution in [0.25, 0.3) is 0 Å². The van der Waals surface area contributed by atoms with Crippen molar-refractivity contribution in [3.8, 4) is 0 Å². The first-order valence-corrected chi connectivity index (χ1v) is 3.68. The van der Waals surface area contributed by atoms with Gasteiger partial charge >= 0.3 is 0 Å². The van der Waals surface area contributed by atoms with E-state index < -0.39 is 0 Å². The summed E-state index contributed by atoms with van der Waals surface area (Å²) in [6, 6.07) is 1.94. The highest BCUT2D eigenvalue weighted by atomic mass is 35.5. The Hall–Kier alpha value is -0.470. The first-order chi connectivity index (χ1) is 4.83. The Kier molecular flexibility index (Phi) is 2.78. The third-order valence-electron chi connectivity index (χ3n) is 1.37. The molecular weight excluding hydrogens is 148 g/mol. The van der Waals surface area contributed by atoms with Gasteiger partial charge in [0, 0.05) is 6.20 Å². The molecular formula is C7H11ClN2. The smallest absolute Gasteiger partial charge is 0.106 e. The summed E-state index contributed by atoms with van der Waals surface area (Å²) in [7, 11) is 1.94. The molecule has 1 aromatic rings. The summed E-state index contributed by atoms with van der Waals surface area (Å²) in [5.74, 6) is 0. The van der Waals surface area contributed by atoms with Gasteiger partial charge in [0.05, 0.1) is 0 Å². The van der Waals surface area contributed by atoms with Crippen LogP contribution in [-0.2, 0) is 6.42 Å². The number of aromatic amines is 1. The molecule has 0 bridgehead atoms. The minimum absolute atomic E-state index is 0.714. The second-order valence-electron chi connectivity index (χ2n) is 2.21. The number of hydrogen-bond donors (Lipinski definition) is 2. The van der Waals surface area contributed by atoms with Crippen molar-refractivity contribution in [3.63, 3.8) is 0 Å². The summed E-state index contributed by atoms with van der Waals surface area (Å²) >= 11 is 5.66. The minimum Gasteiger partial charge on any atom is -0.352 e. The summed E-state index contributed by atoms with van der Waals surface area (Å²) < 4.78 is 0. The lowest BCUT2D eigenvalue weighted by Crippen LogP contribution is -2.09. The molecule has 0 spiro atoms. The van der Waals surface area contributed by atoms with E-state index in [4.69, 9.17) is 11.6 Å². The number of rotatable bonds is 3. The average Bonchev–Trinajstić information content (AvgIpc) is 2.31. The van der Waals surface area contributed by atoms with E-state index in [2.05, 4.69) is 10.3 Å². The third kappa shape index (κ3) is 2.05. The number of nitrogens with one attached hydrogen (secondary N) is 2. The van der Waals surface area contributed by atoms with Gasteiger partial charge in [-0.15, -0.1) is 0 Å². The summed E-state index contributed by atoms with van der Waals surface area (Å²) in [6.07, 6.45) is 2.96. The zero-order valence-electron chi connectivity index (χ0n) is 5.95. The van der Waals surface area contributed by atoms with Gasteiger partial charge in [0.15, 0.2) is 0 Å². The van der Waals surface area contributed by atoms with E-state index in [9.17, 15) is 0 Å². The zero-order chi connectivity index (χ0) is 7.40. The Morgan fingerprint density at radius 2 is 2.50 bits per heavy atom. The minimum atomic E-state index is 0.714. The molecule has 10 heavy (non-hydrogen) atoms. The summed E-state index contributed by atoms with van der Waals surface area (Å²) in [5, 5.41) is 3.78. The van der Waals surface area contributed by atoms with Crippen LogP contribution in [0, 0.1) is 0 Å². The van der Waals surface area contributed by atoms with Gasteiger partial charge in [-0.05, 0) is 31.6 Å². The van der Waals surface area contributed by atoms with Gasteiger partial charge in [-0.3, -0.25) is 0 Å². The van der Waals surface area contributed by atoms with Crippen LogP contribution in [0.1, 0.15) is 5.56 Å². The van der Waals surface area contributed by atoms with Crippen LogP contribution in [0.4, 0.5) is 0 Å². The van der Waals surface area contributed by atoms with Crippen LogP contribution < -0.4 is 5.32 Å². The SMILES string of the molecule is CNCCc1c[nH]c(Cl)c1. The predicted octanol–water partition coefficient (Wildman–Crippen LogP) is 1.43. The lowest BCUT2D eigenvalue weighted by molar-refractivity contribution is 0.792. The summed E-state index contributed by atoms with van der Waals surface area (Å²) in [5.41, 5.74) is 1.25. The Morgan fingerprint density at radius 1 is 1.70 bits per heavy atom. The maximum absolute atomic E-state index is 5.66. The van der Waals surface area contributed by atoms with Crippen molar-refractivity contribution in [2.45, 2.75) is 6.42 Å². The molecule has 56 valence electrons. The predicted molar refractivity (Wildman–Crippen MR) is 43.4 cm³/mol. The quantitative estimate of drug-likeness (QED) is 0.685. The Morgan fingerprint density at radius 3 is 3.00 bits per heavy atom. The number of H-pyrrole nitrogens is 1. The molecule has 0 aromatic carbocycles. The molecule has 1 rings (SSSR count). The van der Waals surface area contributed by atoms with E-state index >= 15 is 0 Å². The molecule has 0 amide bonds. The molecule has 2 N–H and O–H groups in total. The molecule has 0 unspecified atom stereocenters. The van der Waals surface area contributed by atoms with Gasteiger partial charge < -0.3 is 10.3 Å². The van der Waals surface area contributed by atoms with E-state index in [1.807, 2.05) is 19.3 Å². The van der Waals surface area contributed by atoms with Gasteiger partial charge in [-0.1, -0.05) is 11.6 Å². The topological polar surface area (TPSA) is 27.8 Å².